The predicted molar refractivity (Wildman–Crippen MR) is 66.9 cm³/mol. The summed E-state index contributed by atoms with van der Waals surface area (Å²) in [6, 6.07) is 3.36. The lowest BCUT2D eigenvalue weighted by atomic mass is 10.2. The Kier molecular flexibility index (Phi) is 3.55. The molecule has 0 atom stereocenters. The van der Waals surface area contributed by atoms with Crippen LogP contribution in [0, 0.1) is 0 Å². The van der Waals surface area contributed by atoms with Gasteiger partial charge in [-0.05, 0) is 12.1 Å². The van der Waals surface area contributed by atoms with Crippen molar-refractivity contribution in [2.75, 3.05) is 5.73 Å². The van der Waals surface area contributed by atoms with E-state index in [2.05, 4.69) is 15.5 Å². The lowest BCUT2D eigenvalue weighted by Crippen LogP contribution is -2.22. The molecule has 5 nitrogen and oxygen atoms in total. The first kappa shape index (κ1) is 11.8. The summed E-state index contributed by atoms with van der Waals surface area (Å²) in [5, 5.41) is 10.1. The van der Waals surface area contributed by atoms with Gasteiger partial charge >= 0.3 is 0 Å². The number of anilines is 1. The Hall–Kier alpha value is -1.66. The fourth-order valence-corrected chi connectivity index (χ4v) is 2.16. The number of carbonyl (C=O) groups is 1. The second-order valence-corrected chi connectivity index (χ2v) is 4.97. The summed E-state index contributed by atoms with van der Waals surface area (Å²) < 4.78 is 0.584. The molecule has 0 radical (unpaired) electrons. The number of halogens is 1. The summed E-state index contributed by atoms with van der Waals surface area (Å²) in [6.07, 6.45) is 2.97. The number of nitrogen functional groups attached to an aromatic ring is 1. The van der Waals surface area contributed by atoms with Crippen molar-refractivity contribution >= 4 is 34.5 Å². The second kappa shape index (κ2) is 5.11. The number of nitrogens with one attached hydrogen (secondary N) is 1. The lowest BCUT2D eigenvalue weighted by molar-refractivity contribution is 0.0955. The Morgan fingerprint density at radius 2 is 2.18 bits per heavy atom. The molecule has 0 unspecified atom stereocenters. The molecule has 17 heavy (non-hydrogen) atoms. The van der Waals surface area contributed by atoms with E-state index in [1.807, 2.05) is 0 Å². The number of carbonyl (C=O) groups excluding carboxylic acids is 1. The molecule has 0 fully saturated rings. The Morgan fingerprint density at radius 3 is 2.82 bits per heavy atom. The van der Waals surface area contributed by atoms with E-state index < -0.39 is 0 Å². The highest BCUT2D eigenvalue weighted by Crippen LogP contribution is 2.21. The van der Waals surface area contributed by atoms with Crippen LogP contribution < -0.4 is 11.1 Å². The van der Waals surface area contributed by atoms with Crippen LogP contribution in [0.15, 0.2) is 24.5 Å². The molecular weight excluding hydrogens is 260 g/mol. The van der Waals surface area contributed by atoms with Crippen LogP contribution in [-0.4, -0.2) is 16.1 Å². The summed E-state index contributed by atoms with van der Waals surface area (Å²) in [4.78, 5) is 12.3. The molecular formula is C10H9ClN4OS. The molecule has 0 aliphatic heterocycles. The highest BCUT2D eigenvalue weighted by molar-refractivity contribution is 7.17. The summed E-state index contributed by atoms with van der Waals surface area (Å²) in [7, 11) is 0. The van der Waals surface area contributed by atoms with Gasteiger partial charge in [-0.2, -0.15) is 10.2 Å². The third-order valence-electron chi connectivity index (χ3n) is 2.08. The molecule has 0 saturated heterocycles. The average molecular weight is 269 g/mol. The first-order chi connectivity index (χ1) is 8.16. The zero-order valence-corrected chi connectivity index (χ0v) is 10.3. The van der Waals surface area contributed by atoms with Crippen LogP contribution in [-0.2, 0) is 6.54 Å². The van der Waals surface area contributed by atoms with Crippen molar-refractivity contribution in [1.82, 2.24) is 15.5 Å². The van der Waals surface area contributed by atoms with Crippen LogP contribution in [0.4, 0.5) is 5.69 Å². The number of nitrogens with zero attached hydrogens (tertiary/aromatic N) is 2. The van der Waals surface area contributed by atoms with Gasteiger partial charge in [0.2, 0.25) is 0 Å². The highest BCUT2D eigenvalue weighted by atomic mass is 35.5. The topological polar surface area (TPSA) is 80.9 Å². The van der Waals surface area contributed by atoms with Crippen LogP contribution in [0.5, 0.6) is 0 Å². The van der Waals surface area contributed by atoms with E-state index in [1.165, 1.54) is 23.7 Å². The van der Waals surface area contributed by atoms with Crippen molar-refractivity contribution < 1.29 is 4.79 Å². The molecule has 2 aromatic rings. The van der Waals surface area contributed by atoms with Crippen LogP contribution in [0.2, 0.25) is 4.34 Å². The lowest BCUT2D eigenvalue weighted by Gasteiger charge is -2.05. The van der Waals surface area contributed by atoms with Crippen LogP contribution in [0.3, 0.4) is 0 Å². The number of aromatic nitrogens is 2. The standard InChI is InChI=1S/C10H9ClN4OS/c11-9-2-1-8(17-9)10(16)13-3-6-4-14-15-5-7(6)12/h1-2,4-5H,3H2,(H2,12,14)(H,13,16). The van der Waals surface area contributed by atoms with Gasteiger partial charge in [-0.1, -0.05) is 11.6 Å². The number of rotatable bonds is 3. The minimum absolute atomic E-state index is 0.182. The molecule has 1 amide bonds. The Bertz CT molecular complexity index is 543. The van der Waals surface area contributed by atoms with Gasteiger partial charge in [0.1, 0.15) is 0 Å². The van der Waals surface area contributed by atoms with Gasteiger partial charge in [-0.25, -0.2) is 0 Å². The fourth-order valence-electron chi connectivity index (χ4n) is 1.20. The van der Waals surface area contributed by atoms with Crippen molar-refractivity contribution in [2.45, 2.75) is 6.54 Å². The third kappa shape index (κ3) is 2.92. The Balaban J connectivity index is 1.99. The molecule has 3 N–H and O–H groups in total. The first-order valence-corrected chi connectivity index (χ1v) is 5.95. The van der Waals surface area contributed by atoms with E-state index in [0.29, 0.717) is 21.4 Å². The fraction of sp³-hybridized carbons (Fsp3) is 0.100. The molecule has 7 heteroatoms. The largest absolute Gasteiger partial charge is 0.397 e. The van der Waals surface area contributed by atoms with Gasteiger partial charge in [0.05, 0.1) is 27.3 Å². The average Bonchev–Trinajstić information content (AvgIpc) is 2.74. The monoisotopic (exact) mass is 268 g/mol. The summed E-state index contributed by atoms with van der Waals surface area (Å²) >= 11 is 6.98. The van der Waals surface area contributed by atoms with E-state index in [4.69, 9.17) is 17.3 Å². The Morgan fingerprint density at radius 1 is 1.41 bits per heavy atom. The summed E-state index contributed by atoms with van der Waals surface area (Å²) in [5.74, 6) is -0.182. The number of hydrogen-bond acceptors (Lipinski definition) is 5. The number of hydrogen-bond donors (Lipinski definition) is 2. The SMILES string of the molecule is Nc1cnncc1CNC(=O)c1ccc(Cl)s1. The molecule has 0 spiro atoms. The van der Waals surface area contributed by atoms with Crippen molar-refractivity contribution in [3.05, 3.63) is 39.3 Å². The maximum Gasteiger partial charge on any atom is 0.261 e. The minimum atomic E-state index is -0.182. The predicted octanol–water partition coefficient (Wildman–Crippen LogP) is 1.70. The second-order valence-electron chi connectivity index (χ2n) is 3.26. The molecule has 2 heterocycles. The van der Waals surface area contributed by atoms with Gasteiger partial charge < -0.3 is 11.1 Å². The number of nitrogens with two attached hydrogens (primary N) is 1. The Labute approximate surface area is 107 Å². The quantitative estimate of drug-likeness (QED) is 0.888. The van der Waals surface area contributed by atoms with Gasteiger partial charge in [0.25, 0.3) is 5.91 Å². The maximum absolute atomic E-state index is 11.7. The molecule has 0 aliphatic rings. The molecule has 0 bridgehead atoms. The van der Waals surface area contributed by atoms with Crippen LogP contribution in [0.25, 0.3) is 0 Å². The maximum atomic E-state index is 11.7. The van der Waals surface area contributed by atoms with Gasteiger partial charge in [0, 0.05) is 12.1 Å². The third-order valence-corrected chi connectivity index (χ3v) is 3.31. The van der Waals surface area contributed by atoms with Crippen molar-refractivity contribution in [3.63, 3.8) is 0 Å². The first-order valence-electron chi connectivity index (χ1n) is 4.75. The number of amides is 1. The van der Waals surface area contributed by atoms with Gasteiger partial charge in [0.15, 0.2) is 0 Å². The van der Waals surface area contributed by atoms with E-state index >= 15 is 0 Å². The summed E-state index contributed by atoms with van der Waals surface area (Å²) in [5.41, 5.74) is 6.91. The van der Waals surface area contributed by atoms with Gasteiger partial charge in [-0.15, -0.1) is 11.3 Å². The van der Waals surface area contributed by atoms with E-state index in [1.54, 1.807) is 12.1 Å². The molecule has 0 aliphatic carbocycles. The van der Waals surface area contributed by atoms with E-state index in [0.717, 1.165) is 5.56 Å². The highest BCUT2D eigenvalue weighted by Gasteiger charge is 2.09. The molecule has 0 aromatic carbocycles. The van der Waals surface area contributed by atoms with Crippen molar-refractivity contribution in [3.8, 4) is 0 Å². The smallest absolute Gasteiger partial charge is 0.261 e. The molecule has 88 valence electrons. The van der Waals surface area contributed by atoms with Crippen molar-refractivity contribution in [1.29, 1.82) is 0 Å². The van der Waals surface area contributed by atoms with Crippen LogP contribution >= 0.6 is 22.9 Å². The van der Waals surface area contributed by atoms with Crippen LogP contribution in [0.1, 0.15) is 15.2 Å². The zero-order valence-electron chi connectivity index (χ0n) is 8.68. The van der Waals surface area contributed by atoms with Gasteiger partial charge in [-0.3, -0.25) is 4.79 Å². The van der Waals surface area contributed by atoms with E-state index in [9.17, 15) is 4.79 Å². The molecule has 0 saturated carbocycles. The molecule has 2 aromatic heterocycles. The molecule has 2 rings (SSSR count). The normalized spacial score (nSPS) is 10.2. The number of thiophene rings is 1. The van der Waals surface area contributed by atoms with Crippen molar-refractivity contribution in [2.24, 2.45) is 0 Å². The zero-order chi connectivity index (χ0) is 12.3. The van der Waals surface area contributed by atoms with E-state index in [-0.39, 0.29) is 5.91 Å². The summed E-state index contributed by atoms with van der Waals surface area (Å²) in [6.45, 7) is 0.315. The minimum Gasteiger partial charge on any atom is -0.397 e.